The van der Waals surface area contributed by atoms with Crippen LogP contribution in [0.5, 0.6) is 0 Å². The zero-order chi connectivity index (χ0) is 23.0. The third-order valence-electron chi connectivity index (χ3n) is 6.20. The molecule has 4 rings (SSSR count). The van der Waals surface area contributed by atoms with Crippen molar-refractivity contribution in [2.45, 2.75) is 24.0 Å². The summed E-state index contributed by atoms with van der Waals surface area (Å²) in [5.41, 5.74) is 2.76. The number of ether oxygens (including phenoxy) is 1. The van der Waals surface area contributed by atoms with Gasteiger partial charge < -0.3 is 4.74 Å². The van der Waals surface area contributed by atoms with Gasteiger partial charge in [-0.2, -0.15) is 0 Å². The standard InChI is InChI=1S/C30H28Cl2O/c31-23-21-29(25-13-5-1-6-14-25,26-15-7-2-8-16-26)33-30(22-24-32,27-17-9-3-10-18-27)28-19-11-4-12-20-28/h1-20H,21-24H2. The summed E-state index contributed by atoms with van der Waals surface area (Å²) in [6.07, 6.45) is 1.23. The van der Waals surface area contributed by atoms with Gasteiger partial charge in [0.05, 0.1) is 0 Å². The van der Waals surface area contributed by atoms with Crippen molar-refractivity contribution < 1.29 is 4.74 Å². The first-order chi connectivity index (χ1) is 16.2. The van der Waals surface area contributed by atoms with E-state index in [4.69, 9.17) is 27.9 Å². The Labute approximate surface area is 207 Å². The minimum atomic E-state index is -0.762. The monoisotopic (exact) mass is 474 g/mol. The van der Waals surface area contributed by atoms with Crippen molar-refractivity contribution in [3.63, 3.8) is 0 Å². The van der Waals surface area contributed by atoms with Crippen molar-refractivity contribution in [1.82, 2.24) is 0 Å². The lowest BCUT2D eigenvalue weighted by molar-refractivity contribution is -0.129. The molecule has 168 valence electrons. The second-order valence-corrected chi connectivity index (χ2v) is 8.85. The fourth-order valence-electron chi connectivity index (χ4n) is 4.64. The van der Waals surface area contributed by atoms with Gasteiger partial charge in [-0.15, -0.1) is 23.2 Å². The Kier molecular flexibility index (Phi) is 7.88. The highest BCUT2D eigenvalue weighted by molar-refractivity contribution is 6.18. The van der Waals surface area contributed by atoms with E-state index in [1.165, 1.54) is 0 Å². The zero-order valence-corrected chi connectivity index (χ0v) is 20.1. The first-order valence-corrected chi connectivity index (χ1v) is 12.4. The first kappa shape index (κ1) is 23.6. The molecule has 0 atom stereocenters. The number of hydrogen-bond acceptors (Lipinski definition) is 1. The molecule has 33 heavy (non-hydrogen) atoms. The number of halogens is 2. The van der Waals surface area contributed by atoms with E-state index in [1.807, 2.05) is 24.3 Å². The molecule has 3 heteroatoms. The minimum Gasteiger partial charge on any atom is -0.350 e. The van der Waals surface area contributed by atoms with E-state index >= 15 is 0 Å². The number of hydrogen-bond donors (Lipinski definition) is 0. The lowest BCUT2D eigenvalue weighted by Crippen LogP contribution is -2.43. The molecule has 1 nitrogen and oxygen atoms in total. The SMILES string of the molecule is ClCCC(OC(CCCl)(c1ccccc1)c1ccccc1)(c1ccccc1)c1ccccc1. The zero-order valence-electron chi connectivity index (χ0n) is 18.5. The normalized spacial score (nSPS) is 11.9. The fraction of sp³-hybridized carbons (Fsp3) is 0.200. The lowest BCUT2D eigenvalue weighted by atomic mass is 9.79. The maximum Gasteiger partial charge on any atom is 0.121 e. The highest BCUT2D eigenvalue weighted by Crippen LogP contribution is 2.48. The molecule has 0 N–H and O–H groups in total. The van der Waals surface area contributed by atoms with Gasteiger partial charge in [0.15, 0.2) is 0 Å². The van der Waals surface area contributed by atoms with Crippen LogP contribution in [0, 0.1) is 0 Å². The minimum absolute atomic E-state index is 0.449. The lowest BCUT2D eigenvalue weighted by Gasteiger charge is -2.45. The molecule has 4 aromatic carbocycles. The van der Waals surface area contributed by atoms with E-state index in [9.17, 15) is 0 Å². The van der Waals surface area contributed by atoms with Crippen LogP contribution in [0.15, 0.2) is 121 Å². The number of benzene rings is 4. The number of rotatable bonds is 10. The Morgan fingerprint density at radius 3 is 0.879 bits per heavy atom. The van der Waals surface area contributed by atoms with Crippen LogP contribution in [-0.2, 0) is 15.9 Å². The van der Waals surface area contributed by atoms with E-state index in [-0.39, 0.29) is 0 Å². The van der Waals surface area contributed by atoms with E-state index in [1.54, 1.807) is 0 Å². The third-order valence-corrected chi connectivity index (χ3v) is 6.58. The second kappa shape index (κ2) is 11.0. The molecule has 0 heterocycles. The predicted octanol–water partition coefficient (Wildman–Crippen LogP) is 8.15. The van der Waals surface area contributed by atoms with E-state index in [0.29, 0.717) is 24.6 Å². The molecule has 0 spiro atoms. The molecule has 0 bridgehead atoms. The average Bonchev–Trinajstić information content (AvgIpc) is 2.90. The van der Waals surface area contributed by atoms with E-state index < -0.39 is 11.2 Å². The Bertz CT molecular complexity index is 929. The highest BCUT2D eigenvalue weighted by atomic mass is 35.5. The highest BCUT2D eigenvalue weighted by Gasteiger charge is 2.46. The van der Waals surface area contributed by atoms with Crippen molar-refractivity contribution in [2.24, 2.45) is 0 Å². The van der Waals surface area contributed by atoms with Gasteiger partial charge in [-0.3, -0.25) is 0 Å². The van der Waals surface area contributed by atoms with Crippen LogP contribution in [0.3, 0.4) is 0 Å². The van der Waals surface area contributed by atoms with Gasteiger partial charge in [-0.05, 0) is 35.1 Å². The molecular formula is C30H28Cl2O. The summed E-state index contributed by atoms with van der Waals surface area (Å²) in [7, 11) is 0. The van der Waals surface area contributed by atoms with Crippen molar-refractivity contribution in [3.8, 4) is 0 Å². The molecule has 0 fully saturated rings. The topological polar surface area (TPSA) is 9.23 Å². The molecule has 0 aromatic heterocycles. The van der Waals surface area contributed by atoms with Crippen LogP contribution in [0.1, 0.15) is 35.1 Å². The van der Waals surface area contributed by atoms with Gasteiger partial charge in [-0.25, -0.2) is 0 Å². The largest absolute Gasteiger partial charge is 0.350 e. The molecule has 4 aromatic rings. The van der Waals surface area contributed by atoms with Gasteiger partial charge in [-0.1, -0.05) is 121 Å². The van der Waals surface area contributed by atoms with Crippen LogP contribution < -0.4 is 0 Å². The Balaban J connectivity index is 2.01. The molecule has 0 aliphatic rings. The summed E-state index contributed by atoms with van der Waals surface area (Å²) in [5, 5.41) is 0. The molecule has 0 aliphatic heterocycles. The molecular weight excluding hydrogens is 447 g/mol. The summed E-state index contributed by atoms with van der Waals surface area (Å²) in [6.45, 7) is 0. The fourth-order valence-corrected chi connectivity index (χ4v) is 5.17. The molecule has 0 saturated heterocycles. The maximum absolute atomic E-state index is 7.48. The summed E-state index contributed by atoms with van der Waals surface area (Å²) < 4.78 is 7.48. The van der Waals surface area contributed by atoms with Crippen molar-refractivity contribution in [2.75, 3.05) is 11.8 Å². The Morgan fingerprint density at radius 2 is 0.667 bits per heavy atom. The van der Waals surface area contributed by atoms with Crippen LogP contribution in [0.4, 0.5) is 0 Å². The van der Waals surface area contributed by atoms with Gasteiger partial charge in [0, 0.05) is 11.8 Å². The maximum atomic E-state index is 7.48. The Morgan fingerprint density at radius 1 is 0.424 bits per heavy atom. The molecule has 0 aliphatic carbocycles. The first-order valence-electron chi connectivity index (χ1n) is 11.3. The molecule has 0 unspecified atom stereocenters. The summed E-state index contributed by atoms with van der Waals surface area (Å²) >= 11 is 13.0. The van der Waals surface area contributed by atoms with Crippen LogP contribution in [0.25, 0.3) is 0 Å². The van der Waals surface area contributed by atoms with Crippen molar-refractivity contribution in [1.29, 1.82) is 0 Å². The molecule has 0 amide bonds. The van der Waals surface area contributed by atoms with Crippen LogP contribution in [0.2, 0.25) is 0 Å². The molecule has 0 radical (unpaired) electrons. The number of alkyl halides is 2. The third kappa shape index (κ3) is 4.87. The second-order valence-electron chi connectivity index (χ2n) is 8.10. The van der Waals surface area contributed by atoms with Crippen molar-refractivity contribution in [3.05, 3.63) is 144 Å². The quantitative estimate of drug-likeness (QED) is 0.210. The smallest absolute Gasteiger partial charge is 0.121 e. The Hall–Kier alpha value is -2.58. The van der Waals surface area contributed by atoms with E-state index in [2.05, 4.69) is 97.1 Å². The predicted molar refractivity (Wildman–Crippen MR) is 139 cm³/mol. The summed E-state index contributed by atoms with van der Waals surface area (Å²) in [4.78, 5) is 0. The molecule has 0 saturated carbocycles. The van der Waals surface area contributed by atoms with Gasteiger partial charge in [0.25, 0.3) is 0 Å². The van der Waals surface area contributed by atoms with Gasteiger partial charge >= 0.3 is 0 Å². The van der Waals surface area contributed by atoms with Crippen LogP contribution in [-0.4, -0.2) is 11.8 Å². The van der Waals surface area contributed by atoms with Crippen LogP contribution >= 0.6 is 23.2 Å². The summed E-state index contributed by atoms with van der Waals surface area (Å²) in [5.74, 6) is 0.897. The summed E-state index contributed by atoms with van der Waals surface area (Å²) in [6, 6.07) is 41.6. The van der Waals surface area contributed by atoms with E-state index in [0.717, 1.165) is 22.3 Å². The average molecular weight is 475 g/mol. The van der Waals surface area contributed by atoms with Gasteiger partial charge in [0.2, 0.25) is 0 Å². The van der Waals surface area contributed by atoms with Crippen molar-refractivity contribution >= 4 is 23.2 Å². The van der Waals surface area contributed by atoms with Gasteiger partial charge in [0.1, 0.15) is 11.2 Å².